The predicted octanol–water partition coefficient (Wildman–Crippen LogP) is 0.443. The molecule has 1 saturated heterocycles. The fourth-order valence-electron chi connectivity index (χ4n) is 1.86. The molecule has 0 aromatic heterocycles. The predicted molar refractivity (Wildman–Crippen MR) is 68.8 cm³/mol. The van der Waals surface area contributed by atoms with E-state index in [1.807, 2.05) is 19.1 Å². The van der Waals surface area contributed by atoms with E-state index >= 15 is 0 Å². The van der Waals surface area contributed by atoms with Crippen molar-refractivity contribution in [1.29, 1.82) is 0 Å². The first-order valence-electron chi connectivity index (χ1n) is 5.92. The highest BCUT2D eigenvalue weighted by Gasteiger charge is 2.38. The Morgan fingerprint density at radius 3 is 2.47 bits per heavy atom. The summed E-state index contributed by atoms with van der Waals surface area (Å²) in [6.45, 7) is 1.95. The molecule has 19 heavy (non-hydrogen) atoms. The second-order valence-electron chi connectivity index (χ2n) is 4.54. The topological polar surface area (TPSA) is 78.5 Å². The minimum atomic E-state index is -0.935. The first kappa shape index (κ1) is 13.1. The highest BCUT2D eigenvalue weighted by molar-refractivity contribution is 6.08. The number of amides is 3. The van der Waals surface area contributed by atoms with Crippen LogP contribution in [0.15, 0.2) is 24.3 Å². The summed E-state index contributed by atoms with van der Waals surface area (Å²) in [4.78, 5) is 34.9. The number of anilines is 1. The smallest absolute Gasteiger partial charge is 0.253 e. The van der Waals surface area contributed by atoms with Gasteiger partial charge in [-0.2, -0.15) is 0 Å². The van der Waals surface area contributed by atoms with Crippen molar-refractivity contribution >= 4 is 23.4 Å². The minimum absolute atomic E-state index is 0.150. The Morgan fingerprint density at radius 1 is 1.32 bits per heavy atom. The molecule has 1 unspecified atom stereocenters. The van der Waals surface area contributed by atoms with Crippen molar-refractivity contribution in [3.05, 3.63) is 29.8 Å². The number of hydrazine groups is 1. The Bertz CT molecular complexity index is 524. The number of aryl methyl sites for hydroxylation is 1. The molecule has 1 aromatic carbocycles. The van der Waals surface area contributed by atoms with Gasteiger partial charge in [-0.3, -0.25) is 24.8 Å². The van der Waals surface area contributed by atoms with Gasteiger partial charge in [0, 0.05) is 19.2 Å². The van der Waals surface area contributed by atoms with Crippen LogP contribution in [0.5, 0.6) is 0 Å². The molecule has 2 rings (SSSR count). The van der Waals surface area contributed by atoms with Crippen LogP contribution in [0, 0.1) is 12.8 Å². The summed E-state index contributed by atoms with van der Waals surface area (Å²) >= 11 is 0. The van der Waals surface area contributed by atoms with E-state index < -0.39 is 11.8 Å². The molecule has 2 N–H and O–H groups in total. The number of hydrogen-bond donors (Lipinski definition) is 2. The van der Waals surface area contributed by atoms with Crippen LogP contribution in [0.3, 0.4) is 0 Å². The maximum atomic E-state index is 11.8. The van der Waals surface area contributed by atoms with E-state index in [1.165, 1.54) is 7.05 Å². The molecule has 6 heteroatoms. The van der Waals surface area contributed by atoms with Gasteiger partial charge < -0.3 is 5.32 Å². The van der Waals surface area contributed by atoms with E-state index in [1.54, 1.807) is 12.1 Å². The molecule has 0 spiro atoms. The fourth-order valence-corrected chi connectivity index (χ4v) is 1.86. The van der Waals surface area contributed by atoms with Crippen LogP contribution >= 0.6 is 0 Å². The summed E-state index contributed by atoms with van der Waals surface area (Å²) in [6, 6.07) is 7.29. The third kappa shape index (κ3) is 2.90. The van der Waals surface area contributed by atoms with Gasteiger partial charge in [0.1, 0.15) is 5.92 Å². The number of hydrogen-bond acceptors (Lipinski definition) is 3. The molecule has 0 aliphatic carbocycles. The van der Waals surface area contributed by atoms with Crippen molar-refractivity contribution in [3.8, 4) is 0 Å². The molecular weight excluding hydrogens is 246 g/mol. The monoisotopic (exact) mass is 261 g/mol. The van der Waals surface area contributed by atoms with E-state index in [9.17, 15) is 14.4 Å². The number of benzene rings is 1. The van der Waals surface area contributed by atoms with E-state index in [2.05, 4.69) is 10.7 Å². The first-order chi connectivity index (χ1) is 8.97. The van der Waals surface area contributed by atoms with Crippen molar-refractivity contribution in [3.63, 3.8) is 0 Å². The SMILES string of the molecule is Cc1ccc(NC(=O)CC2C(=O)NN(C)C2=O)cc1. The lowest BCUT2D eigenvalue weighted by atomic mass is 10.0. The Hall–Kier alpha value is -2.37. The average Bonchev–Trinajstić information content (AvgIpc) is 2.59. The molecule has 100 valence electrons. The zero-order chi connectivity index (χ0) is 14.0. The molecular formula is C13H15N3O3. The largest absolute Gasteiger partial charge is 0.326 e. The van der Waals surface area contributed by atoms with Crippen molar-refractivity contribution in [2.45, 2.75) is 13.3 Å². The lowest BCUT2D eigenvalue weighted by molar-refractivity contribution is -0.134. The molecule has 1 fully saturated rings. The van der Waals surface area contributed by atoms with Crippen LogP contribution in [-0.4, -0.2) is 29.8 Å². The van der Waals surface area contributed by atoms with Crippen molar-refractivity contribution in [2.24, 2.45) is 5.92 Å². The summed E-state index contributed by atoms with van der Waals surface area (Å²) in [5, 5.41) is 3.77. The number of nitrogens with one attached hydrogen (secondary N) is 2. The van der Waals surface area contributed by atoms with E-state index in [0.29, 0.717) is 5.69 Å². The molecule has 1 aromatic rings. The highest BCUT2D eigenvalue weighted by Crippen LogP contribution is 2.15. The minimum Gasteiger partial charge on any atom is -0.326 e. The first-order valence-corrected chi connectivity index (χ1v) is 5.92. The Balaban J connectivity index is 1.96. The molecule has 1 heterocycles. The lowest BCUT2D eigenvalue weighted by Gasteiger charge is -2.08. The fraction of sp³-hybridized carbons (Fsp3) is 0.308. The van der Waals surface area contributed by atoms with Crippen LogP contribution in [0.1, 0.15) is 12.0 Å². The van der Waals surface area contributed by atoms with Crippen molar-refractivity contribution < 1.29 is 14.4 Å². The van der Waals surface area contributed by atoms with Crippen LogP contribution in [0.4, 0.5) is 5.69 Å². The van der Waals surface area contributed by atoms with Gasteiger partial charge in [0.25, 0.3) is 11.8 Å². The molecule has 6 nitrogen and oxygen atoms in total. The summed E-state index contributed by atoms with van der Waals surface area (Å²) in [5.74, 6) is -2.11. The van der Waals surface area contributed by atoms with Gasteiger partial charge in [-0.25, -0.2) is 0 Å². The quantitative estimate of drug-likeness (QED) is 0.775. The molecule has 1 aliphatic rings. The van der Waals surface area contributed by atoms with Gasteiger partial charge in [-0.05, 0) is 19.1 Å². The Morgan fingerprint density at radius 2 is 1.95 bits per heavy atom. The zero-order valence-electron chi connectivity index (χ0n) is 10.8. The number of nitrogens with zero attached hydrogens (tertiary/aromatic N) is 1. The van der Waals surface area contributed by atoms with Crippen LogP contribution in [0.2, 0.25) is 0 Å². The standard InChI is InChI=1S/C13H15N3O3/c1-8-3-5-9(6-4-8)14-11(17)7-10-12(18)15-16(2)13(10)19/h3-6,10H,7H2,1-2H3,(H,14,17)(H,15,18). The summed E-state index contributed by atoms with van der Waals surface area (Å²) in [6.07, 6.45) is -0.150. The van der Waals surface area contributed by atoms with E-state index in [-0.39, 0.29) is 18.2 Å². The number of carbonyl (C=O) groups is 3. The Kier molecular flexibility index (Phi) is 3.50. The van der Waals surface area contributed by atoms with Gasteiger partial charge in [-0.15, -0.1) is 0 Å². The molecule has 0 saturated carbocycles. The molecule has 3 amide bonds. The van der Waals surface area contributed by atoms with Crippen molar-refractivity contribution in [1.82, 2.24) is 10.4 Å². The third-order valence-electron chi connectivity index (χ3n) is 2.95. The molecule has 1 aliphatic heterocycles. The van der Waals surface area contributed by atoms with E-state index in [4.69, 9.17) is 0 Å². The van der Waals surface area contributed by atoms with Crippen LogP contribution < -0.4 is 10.7 Å². The van der Waals surface area contributed by atoms with Crippen LogP contribution in [-0.2, 0) is 14.4 Å². The maximum Gasteiger partial charge on any atom is 0.253 e. The van der Waals surface area contributed by atoms with E-state index in [0.717, 1.165) is 10.6 Å². The van der Waals surface area contributed by atoms with Gasteiger partial charge in [0.05, 0.1) is 0 Å². The normalized spacial score (nSPS) is 18.4. The highest BCUT2D eigenvalue weighted by atomic mass is 16.2. The zero-order valence-corrected chi connectivity index (χ0v) is 10.8. The molecule has 0 radical (unpaired) electrons. The van der Waals surface area contributed by atoms with Gasteiger partial charge in [0.2, 0.25) is 5.91 Å². The average molecular weight is 261 g/mol. The Labute approximate surface area is 110 Å². The maximum absolute atomic E-state index is 11.8. The van der Waals surface area contributed by atoms with Gasteiger partial charge in [-0.1, -0.05) is 17.7 Å². The lowest BCUT2D eigenvalue weighted by Crippen LogP contribution is -2.31. The summed E-state index contributed by atoms with van der Waals surface area (Å²) in [5.41, 5.74) is 4.09. The van der Waals surface area contributed by atoms with Gasteiger partial charge in [0.15, 0.2) is 0 Å². The number of carbonyl (C=O) groups excluding carboxylic acids is 3. The van der Waals surface area contributed by atoms with Crippen LogP contribution in [0.25, 0.3) is 0 Å². The third-order valence-corrected chi connectivity index (χ3v) is 2.95. The molecule has 1 atom stereocenters. The summed E-state index contributed by atoms with van der Waals surface area (Å²) in [7, 11) is 1.46. The van der Waals surface area contributed by atoms with Gasteiger partial charge >= 0.3 is 0 Å². The summed E-state index contributed by atoms with van der Waals surface area (Å²) < 4.78 is 0. The second kappa shape index (κ2) is 5.09. The molecule has 0 bridgehead atoms. The second-order valence-corrected chi connectivity index (χ2v) is 4.54. The van der Waals surface area contributed by atoms with Crippen molar-refractivity contribution in [2.75, 3.05) is 12.4 Å². The number of rotatable bonds is 3.